The van der Waals surface area contributed by atoms with Crippen LogP contribution in [0.15, 0.2) is 65.7 Å². The topological polar surface area (TPSA) is 37.4 Å². The molecule has 0 radical (unpaired) electrons. The van der Waals surface area contributed by atoms with E-state index < -0.39 is 5.41 Å². The molecule has 0 N–H and O–H groups in total. The molecule has 4 rings (SSSR count). The van der Waals surface area contributed by atoms with E-state index in [9.17, 15) is 9.59 Å². The average Bonchev–Trinajstić information content (AvgIpc) is 2.68. The molecule has 1 aliphatic heterocycles. The molecule has 2 atom stereocenters. The summed E-state index contributed by atoms with van der Waals surface area (Å²) in [6.07, 6.45) is 1.25. The van der Waals surface area contributed by atoms with Crippen molar-refractivity contribution < 1.29 is 9.59 Å². The number of ketones is 1. The normalized spacial score (nSPS) is 25.0. The Balaban J connectivity index is 2.02. The molecule has 26 heavy (non-hydrogen) atoms. The molecule has 3 nitrogen and oxygen atoms in total. The first-order valence-corrected chi connectivity index (χ1v) is 9.09. The van der Waals surface area contributed by atoms with Crippen molar-refractivity contribution in [3.05, 3.63) is 76.9 Å². The summed E-state index contributed by atoms with van der Waals surface area (Å²) in [6.45, 7) is 4.18. The summed E-state index contributed by atoms with van der Waals surface area (Å²) in [5, 5.41) is 0. The molecule has 1 heterocycles. The van der Waals surface area contributed by atoms with Crippen LogP contribution in [0.3, 0.4) is 0 Å². The number of benzene rings is 2. The van der Waals surface area contributed by atoms with Crippen molar-refractivity contribution in [2.75, 3.05) is 11.9 Å². The third-order valence-electron chi connectivity index (χ3n) is 6.19. The Morgan fingerprint density at radius 1 is 1.00 bits per heavy atom. The molecule has 0 saturated carbocycles. The minimum Gasteiger partial charge on any atom is -0.315 e. The summed E-state index contributed by atoms with van der Waals surface area (Å²) < 4.78 is 0. The van der Waals surface area contributed by atoms with Gasteiger partial charge in [0.2, 0.25) is 5.91 Å². The highest BCUT2D eigenvalue weighted by atomic mass is 16.2. The van der Waals surface area contributed by atoms with Crippen LogP contribution in [-0.2, 0) is 10.2 Å². The fraction of sp³-hybridized carbons (Fsp3) is 0.304. The Morgan fingerprint density at radius 2 is 1.65 bits per heavy atom. The number of amides is 1. The van der Waals surface area contributed by atoms with E-state index in [4.69, 9.17) is 0 Å². The van der Waals surface area contributed by atoms with Crippen LogP contribution in [0.2, 0.25) is 0 Å². The zero-order chi connectivity index (χ0) is 18.5. The van der Waals surface area contributed by atoms with Crippen LogP contribution in [0.1, 0.15) is 42.6 Å². The molecule has 0 spiro atoms. The maximum absolute atomic E-state index is 13.8. The zero-order valence-electron chi connectivity index (χ0n) is 15.5. The Morgan fingerprint density at radius 3 is 2.38 bits per heavy atom. The lowest BCUT2D eigenvalue weighted by Gasteiger charge is -2.49. The predicted octanol–water partition coefficient (Wildman–Crippen LogP) is 4.53. The van der Waals surface area contributed by atoms with Gasteiger partial charge in [-0.05, 0) is 38.3 Å². The van der Waals surface area contributed by atoms with Crippen molar-refractivity contribution in [1.29, 1.82) is 0 Å². The monoisotopic (exact) mass is 345 g/mol. The zero-order valence-corrected chi connectivity index (χ0v) is 15.5. The van der Waals surface area contributed by atoms with E-state index in [0.717, 1.165) is 11.3 Å². The van der Waals surface area contributed by atoms with Gasteiger partial charge >= 0.3 is 0 Å². The van der Waals surface area contributed by atoms with Crippen molar-refractivity contribution in [3.8, 4) is 0 Å². The molecule has 2 aromatic carbocycles. The van der Waals surface area contributed by atoms with Gasteiger partial charge in [-0.1, -0.05) is 59.7 Å². The third kappa shape index (κ3) is 2.20. The first-order valence-electron chi connectivity index (χ1n) is 9.09. The summed E-state index contributed by atoms with van der Waals surface area (Å²) in [7, 11) is 1.82. The molecule has 132 valence electrons. The van der Waals surface area contributed by atoms with Gasteiger partial charge in [0.25, 0.3) is 0 Å². The number of hydrogen-bond acceptors (Lipinski definition) is 2. The van der Waals surface area contributed by atoms with Gasteiger partial charge in [0, 0.05) is 18.3 Å². The molecule has 1 amide bonds. The second-order valence-electron chi connectivity index (χ2n) is 7.58. The predicted molar refractivity (Wildman–Crippen MR) is 103 cm³/mol. The number of Topliss-reactive ketones (excluding diaryl/α,β-unsaturated/α-hetero) is 1. The highest BCUT2D eigenvalue weighted by Gasteiger charge is 2.56. The summed E-state index contributed by atoms with van der Waals surface area (Å²) in [6, 6.07) is 17.3. The minimum absolute atomic E-state index is 0.0415. The number of allylic oxidation sites excluding steroid dienone is 2. The molecule has 1 aliphatic carbocycles. The van der Waals surface area contributed by atoms with E-state index >= 15 is 0 Å². The molecule has 0 saturated heterocycles. The van der Waals surface area contributed by atoms with E-state index in [1.54, 1.807) is 4.90 Å². The fourth-order valence-corrected chi connectivity index (χ4v) is 4.63. The van der Waals surface area contributed by atoms with Crippen molar-refractivity contribution >= 4 is 17.4 Å². The molecular weight excluding hydrogens is 322 g/mol. The van der Waals surface area contributed by atoms with Gasteiger partial charge < -0.3 is 4.90 Å². The first-order chi connectivity index (χ1) is 12.5. The lowest BCUT2D eigenvalue weighted by molar-refractivity contribution is -0.124. The fourth-order valence-electron chi connectivity index (χ4n) is 4.63. The van der Waals surface area contributed by atoms with Gasteiger partial charge in [-0.25, -0.2) is 0 Å². The number of carbonyl (C=O) groups is 2. The summed E-state index contributed by atoms with van der Waals surface area (Å²) in [5.41, 5.74) is 4.14. The smallest absolute Gasteiger partial charge is 0.231 e. The van der Waals surface area contributed by atoms with Gasteiger partial charge in [-0.3, -0.25) is 9.59 Å². The molecule has 3 heteroatoms. The van der Waals surface area contributed by atoms with Gasteiger partial charge in [0.05, 0.1) is 11.3 Å². The summed E-state index contributed by atoms with van der Waals surface area (Å²) in [5.74, 6) is -0.248. The van der Waals surface area contributed by atoms with Crippen LogP contribution in [0.25, 0.3) is 0 Å². The van der Waals surface area contributed by atoms with Crippen molar-refractivity contribution in [2.24, 2.45) is 5.92 Å². The number of rotatable bonds is 2. The van der Waals surface area contributed by atoms with Crippen molar-refractivity contribution in [2.45, 2.75) is 32.1 Å². The standard InChI is InChI=1S/C23H23NO2/c1-15-13-19-22(26)24(3)20-12-8-7-11-18(20)23(19,14-16(15)2)21(25)17-9-5-4-6-10-17/h4-12,19H,13-14H2,1-3H3/t19-,23-/m1/s1. The molecule has 2 aromatic rings. The number of hydrogen-bond donors (Lipinski definition) is 0. The Labute approximate surface area is 154 Å². The number of fused-ring (bicyclic) bond motifs is 3. The molecule has 2 aliphatic rings. The SMILES string of the molecule is CC1=C(C)C[C@@]2(C(=O)c3ccccc3)c3ccccc3N(C)C(=O)[C@H]2C1. The van der Waals surface area contributed by atoms with Gasteiger partial charge in [0.15, 0.2) is 5.78 Å². The van der Waals surface area contributed by atoms with Crippen LogP contribution >= 0.6 is 0 Å². The third-order valence-corrected chi connectivity index (χ3v) is 6.19. The molecular formula is C23H23NO2. The van der Waals surface area contributed by atoms with Crippen molar-refractivity contribution in [1.82, 2.24) is 0 Å². The Hall–Kier alpha value is -2.68. The van der Waals surface area contributed by atoms with E-state index in [-0.39, 0.29) is 17.6 Å². The lowest BCUT2D eigenvalue weighted by Crippen LogP contribution is -2.56. The van der Waals surface area contributed by atoms with Crippen LogP contribution in [0.5, 0.6) is 0 Å². The van der Waals surface area contributed by atoms with E-state index in [2.05, 4.69) is 13.8 Å². The second kappa shape index (κ2) is 5.94. The Kier molecular flexibility index (Phi) is 3.83. The van der Waals surface area contributed by atoms with Crippen LogP contribution < -0.4 is 4.90 Å². The van der Waals surface area contributed by atoms with Crippen LogP contribution in [-0.4, -0.2) is 18.7 Å². The molecule has 0 unspecified atom stereocenters. The molecule has 0 fully saturated rings. The minimum atomic E-state index is -0.814. The quantitative estimate of drug-likeness (QED) is 0.592. The maximum atomic E-state index is 13.8. The number of nitrogens with zero attached hydrogens (tertiary/aromatic N) is 1. The number of carbonyl (C=O) groups excluding carboxylic acids is 2. The van der Waals surface area contributed by atoms with Crippen LogP contribution in [0.4, 0.5) is 5.69 Å². The number of anilines is 1. The highest BCUT2D eigenvalue weighted by molar-refractivity contribution is 6.13. The van der Waals surface area contributed by atoms with E-state index in [0.29, 0.717) is 18.4 Å². The second-order valence-corrected chi connectivity index (χ2v) is 7.58. The average molecular weight is 345 g/mol. The van der Waals surface area contributed by atoms with E-state index in [1.165, 1.54) is 11.1 Å². The largest absolute Gasteiger partial charge is 0.315 e. The van der Waals surface area contributed by atoms with Gasteiger partial charge in [-0.2, -0.15) is 0 Å². The number of para-hydroxylation sites is 1. The van der Waals surface area contributed by atoms with Gasteiger partial charge in [0.1, 0.15) is 0 Å². The highest BCUT2D eigenvalue weighted by Crippen LogP contribution is 2.53. The summed E-state index contributed by atoms with van der Waals surface area (Å²) in [4.78, 5) is 28.8. The van der Waals surface area contributed by atoms with E-state index in [1.807, 2.05) is 61.6 Å². The Bertz CT molecular complexity index is 928. The molecule has 0 aromatic heterocycles. The summed E-state index contributed by atoms with van der Waals surface area (Å²) >= 11 is 0. The maximum Gasteiger partial charge on any atom is 0.231 e. The van der Waals surface area contributed by atoms with Gasteiger partial charge in [-0.15, -0.1) is 0 Å². The van der Waals surface area contributed by atoms with Crippen molar-refractivity contribution in [3.63, 3.8) is 0 Å². The van der Waals surface area contributed by atoms with Crippen LogP contribution in [0, 0.1) is 5.92 Å². The molecule has 0 bridgehead atoms. The first kappa shape index (κ1) is 16.8. The lowest BCUT2D eigenvalue weighted by atomic mass is 9.56.